The maximum absolute atomic E-state index is 12.8. The highest BCUT2D eigenvalue weighted by atomic mass is 35.5. The highest BCUT2D eigenvalue weighted by Crippen LogP contribution is 2.25. The molecule has 0 spiro atoms. The normalized spacial score (nSPS) is 16.8. The fourth-order valence-corrected chi connectivity index (χ4v) is 4.27. The Balaban J connectivity index is 1.48. The Kier molecular flexibility index (Phi) is 6.08. The number of primary amides is 1. The first-order valence-electron chi connectivity index (χ1n) is 10.1. The predicted octanol–water partition coefficient (Wildman–Crippen LogP) is 3.45. The van der Waals surface area contributed by atoms with Crippen molar-refractivity contribution >= 4 is 52.0 Å². The van der Waals surface area contributed by atoms with Gasteiger partial charge in [-0.25, -0.2) is 4.98 Å². The molecule has 10 heteroatoms. The van der Waals surface area contributed by atoms with Crippen LogP contribution in [0.3, 0.4) is 0 Å². The number of likely N-dealkylation sites (tertiary alicyclic amines) is 1. The number of nitrogens with two attached hydrogens (primary N) is 1. The molecule has 2 aromatic carbocycles. The van der Waals surface area contributed by atoms with Crippen LogP contribution in [0.25, 0.3) is 11.0 Å². The lowest BCUT2D eigenvalue weighted by Crippen LogP contribution is -2.43. The van der Waals surface area contributed by atoms with Crippen LogP contribution in [0.2, 0.25) is 10.0 Å². The molecule has 4 rings (SSSR count). The van der Waals surface area contributed by atoms with Crippen molar-refractivity contribution in [2.24, 2.45) is 5.73 Å². The van der Waals surface area contributed by atoms with E-state index in [-0.39, 0.29) is 22.4 Å². The minimum Gasteiger partial charge on any atom is -0.368 e. The zero-order valence-corrected chi connectivity index (χ0v) is 18.7. The second-order valence-electron chi connectivity index (χ2n) is 7.73. The van der Waals surface area contributed by atoms with Crippen molar-refractivity contribution in [2.75, 3.05) is 6.54 Å². The molecule has 1 aliphatic heterocycles. The molecule has 1 fully saturated rings. The standard InChI is InChI=1S/C22H21Cl2N5O3/c1-11(20-27-16-7-5-13(23)10-17(16)28-20)26-21(31)12-4-6-14(15(24)9-12)22(32)29-8-2-3-18(29)19(25)30/h4-7,9-11,18H,2-3,8H2,1H3,(H2,25,30)(H,26,31)(H,27,28). The second-order valence-corrected chi connectivity index (χ2v) is 8.58. The Bertz CT molecular complexity index is 1230. The lowest BCUT2D eigenvalue weighted by molar-refractivity contribution is -0.121. The lowest BCUT2D eigenvalue weighted by Gasteiger charge is -2.22. The van der Waals surface area contributed by atoms with Gasteiger partial charge in [-0.3, -0.25) is 14.4 Å². The van der Waals surface area contributed by atoms with Crippen LogP contribution < -0.4 is 11.1 Å². The van der Waals surface area contributed by atoms with Crippen molar-refractivity contribution < 1.29 is 14.4 Å². The van der Waals surface area contributed by atoms with Gasteiger partial charge < -0.3 is 20.9 Å². The van der Waals surface area contributed by atoms with Crippen molar-refractivity contribution in [2.45, 2.75) is 31.8 Å². The van der Waals surface area contributed by atoms with Crippen LogP contribution in [0.15, 0.2) is 36.4 Å². The molecule has 3 amide bonds. The van der Waals surface area contributed by atoms with Gasteiger partial charge in [-0.2, -0.15) is 0 Å². The first kappa shape index (κ1) is 22.1. The molecule has 0 bridgehead atoms. The van der Waals surface area contributed by atoms with Crippen LogP contribution in [0.4, 0.5) is 0 Å². The number of fused-ring (bicyclic) bond motifs is 1. The molecule has 2 unspecified atom stereocenters. The number of carbonyl (C=O) groups is 3. The third kappa shape index (κ3) is 4.28. The van der Waals surface area contributed by atoms with Crippen molar-refractivity contribution in [3.05, 3.63) is 63.4 Å². The van der Waals surface area contributed by atoms with Gasteiger partial charge in [0.15, 0.2) is 0 Å². The predicted molar refractivity (Wildman–Crippen MR) is 122 cm³/mol. The molecule has 0 saturated carbocycles. The van der Waals surface area contributed by atoms with Crippen LogP contribution in [0, 0.1) is 0 Å². The highest BCUT2D eigenvalue weighted by molar-refractivity contribution is 6.34. The summed E-state index contributed by atoms with van der Waals surface area (Å²) in [6, 6.07) is 8.72. The highest BCUT2D eigenvalue weighted by Gasteiger charge is 2.34. The van der Waals surface area contributed by atoms with Gasteiger partial charge >= 0.3 is 0 Å². The number of imidazole rings is 1. The quantitative estimate of drug-likeness (QED) is 0.525. The fraction of sp³-hybridized carbons (Fsp3) is 0.273. The first-order chi connectivity index (χ1) is 15.2. The van der Waals surface area contributed by atoms with Gasteiger partial charge in [0.05, 0.1) is 27.7 Å². The summed E-state index contributed by atoms with van der Waals surface area (Å²) in [6.45, 7) is 2.24. The average molecular weight is 474 g/mol. The van der Waals surface area contributed by atoms with Gasteiger partial charge in [0, 0.05) is 17.1 Å². The summed E-state index contributed by atoms with van der Waals surface area (Å²) < 4.78 is 0. The number of nitrogens with one attached hydrogen (secondary N) is 2. The summed E-state index contributed by atoms with van der Waals surface area (Å²) in [4.78, 5) is 46.2. The van der Waals surface area contributed by atoms with Gasteiger partial charge in [-0.05, 0) is 56.2 Å². The molecule has 1 aliphatic rings. The van der Waals surface area contributed by atoms with E-state index in [1.807, 2.05) is 6.07 Å². The number of hydrogen-bond acceptors (Lipinski definition) is 4. The van der Waals surface area contributed by atoms with Crippen molar-refractivity contribution in [3.63, 3.8) is 0 Å². The monoisotopic (exact) mass is 473 g/mol. The van der Waals surface area contributed by atoms with Crippen LogP contribution in [0.1, 0.15) is 52.3 Å². The number of carbonyl (C=O) groups excluding carboxylic acids is 3. The van der Waals surface area contributed by atoms with E-state index in [2.05, 4.69) is 15.3 Å². The van der Waals surface area contributed by atoms with Gasteiger partial charge in [0.25, 0.3) is 11.8 Å². The summed E-state index contributed by atoms with van der Waals surface area (Å²) in [5, 5.41) is 3.57. The SMILES string of the molecule is CC(NC(=O)c1ccc(C(=O)N2CCCC2C(N)=O)c(Cl)c1)c1nc2cc(Cl)ccc2[nH]1. The van der Waals surface area contributed by atoms with E-state index in [0.29, 0.717) is 41.3 Å². The smallest absolute Gasteiger partial charge is 0.256 e. The van der Waals surface area contributed by atoms with E-state index in [9.17, 15) is 14.4 Å². The van der Waals surface area contributed by atoms with Crippen molar-refractivity contribution in [1.82, 2.24) is 20.2 Å². The average Bonchev–Trinajstić information content (AvgIpc) is 3.40. The number of amides is 3. The van der Waals surface area contributed by atoms with Gasteiger partial charge in [0.1, 0.15) is 11.9 Å². The van der Waals surface area contributed by atoms with Gasteiger partial charge in [-0.1, -0.05) is 23.2 Å². The number of hydrogen-bond donors (Lipinski definition) is 3. The fourth-order valence-electron chi connectivity index (χ4n) is 3.84. The Morgan fingerprint density at radius 2 is 2.00 bits per heavy atom. The molecule has 2 heterocycles. The number of H-pyrrole nitrogens is 1. The minimum absolute atomic E-state index is 0.129. The number of rotatable bonds is 5. The lowest BCUT2D eigenvalue weighted by atomic mass is 10.1. The Morgan fingerprint density at radius 1 is 1.22 bits per heavy atom. The summed E-state index contributed by atoms with van der Waals surface area (Å²) in [5.41, 5.74) is 7.43. The van der Waals surface area contributed by atoms with Crippen LogP contribution in [-0.2, 0) is 4.79 Å². The molecule has 0 radical (unpaired) electrons. The maximum atomic E-state index is 12.8. The summed E-state index contributed by atoms with van der Waals surface area (Å²) >= 11 is 12.3. The van der Waals surface area contributed by atoms with E-state index in [4.69, 9.17) is 28.9 Å². The Hall–Kier alpha value is -3.10. The van der Waals surface area contributed by atoms with E-state index >= 15 is 0 Å². The van der Waals surface area contributed by atoms with Crippen LogP contribution in [0.5, 0.6) is 0 Å². The largest absolute Gasteiger partial charge is 0.368 e. The molecule has 8 nitrogen and oxygen atoms in total. The molecule has 3 aromatic rings. The molecule has 32 heavy (non-hydrogen) atoms. The van der Waals surface area contributed by atoms with Crippen LogP contribution in [-0.4, -0.2) is 45.2 Å². The molecule has 1 saturated heterocycles. The maximum Gasteiger partial charge on any atom is 0.256 e. The van der Waals surface area contributed by atoms with Gasteiger partial charge in [0.2, 0.25) is 5.91 Å². The number of aromatic nitrogens is 2. The summed E-state index contributed by atoms with van der Waals surface area (Å²) in [7, 11) is 0. The Labute approximate surface area is 194 Å². The third-order valence-corrected chi connectivity index (χ3v) is 6.07. The van der Waals surface area contributed by atoms with Gasteiger partial charge in [-0.15, -0.1) is 0 Å². The van der Waals surface area contributed by atoms with E-state index < -0.39 is 18.0 Å². The minimum atomic E-state index is -0.638. The zero-order chi connectivity index (χ0) is 23.0. The van der Waals surface area contributed by atoms with Crippen molar-refractivity contribution in [1.29, 1.82) is 0 Å². The van der Waals surface area contributed by atoms with Crippen molar-refractivity contribution in [3.8, 4) is 0 Å². The second kappa shape index (κ2) is 8.80. The molecule has 4 N–H and O–H groups in total. The van der Waals surface area contributed by atoms with Crippen LogP contribution >= 0.6 is 23.2 Å². The zero-order valence-electron chi connectivity index (χ0n) is 17.2. The number of benzene rings is 2. The first-order valence-corrected chi connectivity index (χ1v) is 10.9. The topological polar surface area (TPSA) is 121 Å². The summed E-state index contributed by atoms with van der Waals surface area (Å²) in [6.07, 6.45) is 1.23. The molecule has 1 aromatic heterocycles. The number of aromatic amines is 1. The van der Waals surface area contributed by atoms with E-state index in [1.54, 1.807) is 19.1 Å². The third-order valence-electron chi connectivity index (χ3n) is 5.52. The Morgan fingerprint density at radius 3 is 2.72 bits per heavy atom. The summed E-state index contributed by atoms with van der Waals surface area (Å²) in [5.74, 6) is -0.699. The number of halogens is 2. The molecule has 0 aliphatic carbocycles. The molecule has 2 atom stereocenters. The van der Waals surface area contributed by atoms with E-state index in [1.165, 1.54) is 23.1 Å². The number of nitrogens with zero attached hydrogens (tertiary/aromatic N) is 2. The van der Waals surface area contributed by atoms with E-state index in [0.717, 1.165) is 5.52 Å². The molecule has 166 valence electrons. The molecular weight excluding hydrogens is 453 g/mol. The molecular formula is C22H21Cl2N5O3.